The van der Waals surface area contributed by atoms with Crippen LogP contribution in [0.1, 0.15) is 47.2 Å². The molecule has 0 aliphatic carbocycles. The van der Waals surface area contributed by atoms with E-state index in [0.29, 0.717) is 23.1 Å². The molecule has 1 amide bonds. The van der Waals surface area contributed by atoms with Crippen LogP contribution in [0.15, 0.2) is 24.5 Å². The van der Waals surface area contributed by atoms with Crippen molar-refractivity contribution in [3.05, 3.63) is 46.2 Å². The van der Waals surface area contributed by atoms with Gasteiger partial charge in [0.2, 0.25) is 11.9 Å². The van der Waals surface area contributed by atoms with Gasteiger partial charge in [-0.3, -0.25) is 4.79 Å². The Morgan fingerprint density at radius 2 is 1.82 bits per heavy atom. The summed E-state index contributed by atoms with van der Waals surface area (Å²) in [6, 6.07) is 3.77. The number of primary amides is 1. The lowest BCUT2D eigenvalue weighted by molar-refractivity contribution is 0.0999. The van der Waals surface area contributed by atoms with Crippen molar-refractivity contribution in [3.8, 4) is 5.75 Å². The van der Waals surface area contributed by atoms with Gasteiger partial charge in [0.1, 0.15) is 5.75 Å². The predicted molar refractivity (Wildman–Crippen MR) is 111 cm³/mol. The van der Waals surface area contributed by atoms with Crippen LogP contribution in [0.4, 0.5) is 5.95 Å². The van der Waals surface area contributed by atoms with E-state index < -0.39 is 5.91 Å². The molecule has 1 aromatic heterocycles. The van der Waals surface area contributed by atoms with E-state index in [-0.39, 0.29) is 0 Å². The van der Waals surface area contributed by atoms with Crippen LogP contribution in [-0.4, -0.2) is 35.6 Å². The summed E-state index contributed by atoms with van der Waals surface area (Å²) in [5.74, 6) is 1.87. The van der Waals surface area contributed by atoms with Crippen molar-refractivity contribution in [1.29, 1.82) is 0 Å². The molecular formula is C21H27ClN4O2. The zero-order chi connectivity index (χ0) is 20.1. The molecule has 1 aliphatic rings. The van der Waals surface area contributed by atoms with Gasteiger partial charge in [-0.2, -0.15) is 0 Å². The Bertz CT molecular complexity index is 795. The summed E-state index contributed by atoms with van der Waals surface area (Å²) in [4.78, 5) is 22.3. The van der Waals surface area contributed by atoms with Crippen LogP contribution in [0.3, 0.4) is 0 Å². The van der Waals surface area contributed by atoms with Crippen LogP contribution in [-0.2, 0) is 0 Å². The molecule has 0 atom stereocenters. The Morgan fingerprint density at radius 1 is 1.21 bits per heavy atom. The van der Waals surface area contributed by atoms with Gasteiger partial charge in [0.25, 0.3) is 0 Å². The van der Waals surface area contributed by atoms with Crippen LogP contribution in [0, 0.1) is 19.8 Å². The standard InChI is InChI=1S/C21H27ClN4O2/c1-14-10-18(11-15(2)19(14)20(23)27)28-9-3-4-16-5-7-26(8-6-16)21-24-12-17(22)13-25-21/h10-13,16H,3-9H2,1-2H3,(H2,23,27). The van der Waals surface area contributed by atoms with Gasteiger partial charge in [0.05, 0.1) is 24.0 Å². The SMILES string of the molecule is Cc1cc(OCCCC2CCN(c3ncc(Cl)cn3)CC2)cc(C)c1C(N)=O. The predicted octanol–water partition coefficient (Wildman–Crippen LogP) is 3.92. The molecule has 0 saturated carbocycles. The number of hydrogen-bond donors (Lipinski definition) is 1. The highest BCUT2D eigenvalue weighted by molar-refractivity contribution is 6.30. The fraction of sp³-hybridized carbons (Fsp3) is 0.476. The first-order valence-corrected chi connectivity index (χ1v) is 10.1. The second kappa shape index (κ2) is 9.24. The highest BCUT2D eigenvalue weighted by Crippen LogP contribution is 2.25. The molecule has 0 radical (unpaired) electrons. The second-order valence-corrected chi connectivity index (χ2v) is 7.86. The number of nitrogens with zero attached hydrogens (tertiary/aromatic N) is 3. The van der Waals surface area contributed by atoms with Crippen molar-refractivity contribution in [2.75, 3.05) is 24.6 Å². The summed E-state index contributed by atoms with van der Waals surface area (Å²) < 4.78 is 5.90. The Kier molecular flexibility index (Phi) is 6.73. The van der Waals surface area contributed by atoms with E-state index in [1.807, 2.05) is 26.0 Å². The van der Waals surface area contributed by atoms with E-state index in [0.717, 1.165) is 61.6 Å². The molecule has 150 valence electrons. The molecule has 2 aromatic rings. The van der Waals surface area contributed by atoms with Gasteiger partial charge in [-0.25, -0.2) is 9.97 Å². The van der Waals surface area contributed by atoms with E-state index in [9.17, 15) is 4.79 Å². The molecule has 28 heavy (non-hydrogen) atoms. The number of carbonyl (C=O) groups is 1. The second-order valence-electron chi connectivity index (χ2n) is 7.42. The maximum atomic E-state index is 11.5. The number of amides is 1. The van der Waals surface area contributed by atoms with Crippen molar-refractivity contribution < 1.29 is 9.53 Å². The summed E-state index contributed by atoms with van der Waals surface area (Å²) >= 11 is 5.85. The topological polar surface area (TPSA) is 81.3 Å². The van der Waals surface area contributed by atoms with Crippen molar-refractivity contribution in [1.82, 2.24) is 9.97 Å². The lowest BCUT2D eigenvalue weighted by Crippen LogP contribution is -2.34. The number of nitrogens with two attached hydrogens (primary N) is 1. The van der Waals surface area contributed by atoms with Crippen molar-refractivity contribution in [2.24, 2.45) is 11.7 Å². The highest BCUT2D eigenvalue weighted by atomic mass is 35.5. The molecule has 2 heterocycles. The molecule has 2 N–H and O–H groups in total. The fourth-order valence-electron chi connectivity index (χ4n) is 3.85. The Labute approximate surface area is 171 Å². The summed E-state index contributed by atoms with van der Waals surface area (Å²) in [5.41, 5.74) is 7.73. The summed E-state index contributed by atoms with van der Waals surface area (Å²) in [5, 5.41) is 0.563. The molecule has 0 spiro atoms. The Balaban J connectivity index is 1.41. The van der Waals surface area contributed by atoms with Gasteiger partial charge in [-0.05, 0) is 68.7 Å². The molecule has 0 bridgehead atoms. The summed E-state index contributed by atoms with van der Waals surface area (Å²) in [7, 11) is 0. The van der Waals surface area contributed by atoms with Crippen LogP contribution in [0.5, 0.6) is 5.75 Å². The maximum absolute atomic E-state index is 11.5. The number of aromatic nitrogens is 2. The Morgan fingerprint density at radius 3 is 2.39 bits per heavy atom. The average Bonchev–Trinajstić information content (AvgIpc) is 2.65. The number of rotatable bonds is 7. The van der Waals surface area contributed by atoms with Gasteiger partial charge >= 0.3 is 0 Å². The Hall–Kier alpha value is -2.34. The molecule has 1 aromatic carbocycles. The minimum absolute atomic E-state index is 0.392. The third-order valence-electron chi connectivity index (χ3n) is 5.28. The van der Waals surface area contributed by atoms with Gasteiger partial charge in [-0.1, -0.05) is 11.6 Å². The largest absolute Gasteiger partial charge is 0.494 e. The van der Waals surface area contributed by atoms with Crippen LogP contribution in [0.25, 0.3) is 0 Å². The number of anilines is 1. The minimum atomic E-state index is -0.392. The highest BCUT2D eigenvalue weighted by Gasteiger charge is 2.20. The molecule has 7 heteroatoms. The molecule has 1 fully saturated rings. The van der Waals surface area contributed by atoms with Crippen molar-refractivity contribution >= 4 is 23.5 Å². The van der Waals surface area contributed by atoms with E-state index >= 15 is 0 Å². The number of halogens is 1. The van der Waals surface area contributed by atoms with Gasteiger partial charge in [0, 0.05) is 18.7 Å². The number of benzene rings is 1. The van der Waals surface area contributed by atoms with E-state index in [4.69, 9.17) is 22.1 Å². The average molecular weight is 403 g/mol. The van der Waals surface area contributed by atoms with Crippen molar-refractivity contribution in [3.63, 3.8) is 0 Å². The number of carbonyl (C=O) groups excluding carboxylic acids is 1. The number of piperidine rings is 1. The molecule has 3 rings (SSSR count). The fourth-order valence-corrected chi connectivity index (χ4v) is 3.95. The van der Waals surface area contributed by atoms with Gasteiger partial charge in [0.15, 0.2) is 0 Å². The lowest BCUT2D eigenvalue weighted by Gasteiger charge is -2.32. The van der Waals surface area contributed by atoms with E-state index in [1.54, 1.807) is 12.4 Å². The van der Waals surface area contributed by atoms with E-state index in [1.165, 1.54) is 0 Å². The maximum Gasteiger partial charge on any atom is 0.249 e. The smallest absolute Gasteiger partial charge is 0.249 e. The van der Waals surface area contributed by atoms with Gasteiger partial charge in [-0.15, -0.1) is 0 Å². The molecule has 1 aliphatic heterocycles. The third-order valence-corrected chi connectivity index (χ3v) is 5.48. The van der Waals surface area contributed by atoms with Crippen LogP contribution >= 0.6 is 11.6 Å². The number of aryl methyl sites for hydroxylation is 2. The first kappa shape index (κ1) is 20.4. The van der Waals surface area contributed by atoms with Crippen LogP contribution in [0.2, 0.25) is 5.02 Å². The zero-order valence-corrected chi connectivity index (χ0v) is 17.2. The normalized spacial score (nSPS) is 14.9. The molecule has 1 saturated heterocycles. The molecular weight excluding hydrogens is 376 g/mol. The summed E-state index contributed by atoms with van der Waals surface area (Å²) in [6.45, 7) is 6.39. The lowest BCUT2D eigenvalue weighted by atomic mass is 9.92. The molecule has 6 nitrogen and oxygen atoms in total. The number of ether oxygens (including phenoxy) is 1. The summed E-state index contributed by atoms with van der Waals surface area (Å²) in [6.07, 6.45) is 7.72. The molecule has 0 unspecified atom stereocenters. The van der Waals surface area contributed by atoms with Crippen LogP contribution < -0.4 is 15.4 Å². The van der Waals surface area contributed by atoms with E-state index in [2.05, 4.69) is 14.9 Å². The first-order valence-electron chi connectivity index (χ1n) is 9.70. The quantitative estimate of drug-likeness (QED) is 0.710. The minimum Gasteiger partial charge on any atom is -0.494 e. The van der Waals surface area contributed by atoms with Gasteiger partial charge < -0.3 is 15.4 Å². The van der Waals surface area contributed by atoms with Crippen molar-refractivity contribution in [2.45, 2.75) is 39.5 Å². The third kappa shape index (κ3) is 5.13. The monoisotopic (exact) mass is 402 g/mol. The number of hydrogen-bond acceptors (Lipinski definition) is 5. The zero-order valence-electron chi connectivity index (χ0n) is 16.4. The first-order chi connectivity index (χ1) is 13.4.